The van der Waals surface area contributed by atoms with Crippen LogP contribution in [0.25, 0.3) is 31.8 Å². The van der Waals surface area contributed by atoms with Gasteiger partial charge in [-0.25, -0.2) is 15.0 Å². The first-order valence-electron chi connectivity index (χ1n) is 8.76. The van der Waals surface area contributed by atoms with Crippen molar-refractivity contribution in [2.45, 2.75) is 19.2 Å². The highest BCUT2D eigenvalue weighted by molar-refractivity contribution is 7.21. The predicted octanol–water partition coefficient (Wildman–Crippen LogP) is 4.83. The molecule has 0 radical (unpaired) electrons. The van der Waals surface area contributed by atoms with E-state index in [4.69, 9.17) is 9.47 Å². The van der Waals surface area contributed by atoms with E-state index < -0.39 is 12.3 Å². The van der Waals surface area contributed by atoms with Crippen LogP contribution in [-0.2, 0) is 0 Å². The molecule has 156 valence electrons. The van der Waals surface area contributed by atoms with E-state index in [9.17, 15) is 18.3 Å². The van der Waals surface area contributed by atoms with E-state index in [0.29, 0.717) is 32.2 Å². The van der Waals surface area contributed by atoms with Crippen LogP contribution in [0.1, 0.15) is 17.2 Å². The smallest absolute Gasteiger partial charge is 0.418 e. The molecule has 2 heterocycles. The average molecular weight is 435 g/mol. The van der Waals surface area contributed by atoms with Crippen molar-refractivity contribution in [2.75, 3.05) is 14.2 Å². The minimum atomic E-state index is -4.83. The van der Waals surface area contributed by atoms with Crippen molar-refractivity contribution in [3.05, 3.63) is 41.6 Å². The monoisotopic (exact) mass is 435 g/mol. The molecule has 4 rings (SSSR count). The van der Waals surface area contributed by atoms with Crippen LogP contribution in [0.2, 0.25) is 0 Å². The average Bonchev–Trinajstić information content (AvgIpc) is 3.14. The number of hydrogen-bond acceptors (Lipinski definition) is 7. The maximum Gasteiger partial charge on any atom is 0.418 e. The fourth-order valence-electron chi connectivity index (χ4n) is 3.16. The van der Waals surface area contributed by atoms with Gasteiger partial charge in [0.15, 0.2) is 6.10 Å². The fraction of sp³-hybridized carbons (Fsp3) is 0.250. The molecule has 1 N–H and O–H groups in total. The Balaban J connectivity index is 1.97. The summed E-state index contributed by atoms with van der Waals surface area (Å²) in [5.74, 6) is 0.554. The standard InChI is InChI=1S/C20H16F3N3O3S/c1-9-4-12(16-13(5-9)25-15(29-3)8-24-16)19-26-17-11(18(27)20(21,22)23)6-10(28-2)7-14(17)30-19/h4-8,18,27H,1-3H3. The molecule has 1 unspecified atom stereocenters. The summed E-state index contributed by atoms with van der Waals surface area (Å²) in [4.78, 5) is 13.2. The molecule has 2 aromatic heterocycles. The summed E-state index contributed by atoms with van der Waals surface area (Å²) in [7, 11) is 2.84. The third-order valence-electron chi connectivity index (χ3n) is 4.55. The van der Waals surface area contributed by atoms with Gasteiger partial charge in [-0.15, -0.1) is 11.3 Å². The molecule has 1 atom stereocenters. The zero-order valence-corrected chi connectivity index (χ0v) is 16.9. The zero-order chi connectivity index (χ0) is 21.6. The molecule has 6 nitrogen and oxygen atoms in total. The number of aromatic nitrogens is 3. The van der Waals surface area contributed by atoms with Gasteiger partial charge in [0.1, 0.15) is 10.8 Å². The number of fused-ring (bicyclic) bond motifs is 2. The molecule has 0 fully saturated rings. The molecule has 0 aliphatic rings. The lowest BCUT2D eigenvalue weighted by atomic mass is 10.1. The van der Waals surface area contributed by atoms with Gasteiger partial charge in [0.25, 0.3) is 0 Å². The number of hydrogen-bond donors (Lipinski definition) is 1. The first-order chi connectivity index (χ1) is 14.2. The van der Waals surface area contributed by atoms with Gasteiger partial charge >= 0.3 is 6.18 Å². The summed E-state index contributed by atoms with van der Waals surface area (Å²) in [6.07, 6.45) is -6.04. The van der Waals surface area contributed by atoms with Crippen LogP contribution in [-0.4, -0.2) is 40.5 Å². The lowest BCUT2D eigenvalue weighted by molar-refractivity contribution is -0.206. The Morgan fingerprint density at radius 2 is 1.80 bits per heavy atom. The third-order valence-corrected chi connectivity index (χ3v) is 5.58. The lowest BCUT2D eigenvalue weighted by Crippen LogP contribution is -2.20. The van der Waals surface area contributed by atoms with E-state index in [-0.39, 0.29) is 16.8 Å². The van der Waals surface area contributed by atoms with Gasteiger partial charge in [-0.05, 0) is 36.8 Å². The van der Waals surface area contributed by atoms with Crippen molar-refractivity contribution in [3.8, 4) is 22.2 Å². The topological polar surface area (TPSA) is 77.4 Å². The van der Waals surface area contributed by atoms with Gasteiger partial charge in [0, 0.05) is 11.1 Å². The molecule has 10 heteroatoms. The molecule has 0 amide bonds. The van der Waals surface area contributed by atoms with Crippen LogP contribution in [0.5, 0.6) is 11.6 Å². The quantitative estimate of drug-likeness (QED) is 0.495. The number of aliphatic hydroxyl groups is 1. The van der Waals surface area contributed by atoms with E-state index in [1.807, 2.05) is 19.1 Å². The highest BCUT2D eigenvalue weighted by Gasteiger charge is 2.41. The van der Waals surface area contributed by atoms with Crippen LogP contribution in [0.3, 0.4) is 0 Å². The van der Waals surface area contributed by atoms with Crippen LogP contribution >= 0.6 is 11.3 Å². The minimum Gasteiger partial charge on any atom is -0.497 e. The Morgan fingerprint density at radius 3 is 2.47 bits per heavy atom. The van der Waals surface area contributed by atoms with Crippen molar-refractivity contribution in [1.29, 1.82) is 0 Å². The maximum absolute atomic E-state index is 13.2. The van der Waals surface area contributed by atoms with E-state index in [1.54, 1.807) is 6.07 Å². The summed E-state index contributed by atoms with van der Waals surface area (Å²) >= 11 is 1.19. The Labute approximate surface area is 172 Å². The second-order valence-electron chi connectivity index (χ2n) is 6.62. The second-order valence-corrected chi connectivity index (χ2v) is 7.65. The Hall–Kier alpha value is -2.98. The maximum atomic E-state index is 13.2. The molecular weight excluding hydrogens is 419 g/mol. The zero-order valence-electron chi connectivity index (χ0n) is 16.1. The number of rotatable bonds is 4. The summed E-state index contributed by atoms with van der Waals surface area (Å²) < 4.78 is 50.3. The number of ether oxygens (including phenoxy) is 2. The van der Waals surface area contributed by atoms with Crippen molar-refractivity contribution in [2.24, 2.45) is 0 Å². The highest BCUT2D eigenvalue weighted by atomic mass is 32.1. The van der Waals surface area contributed by atoms with Crippen LogP contribution in [0, 0.1) is 6.92 Å². The molecule has 0 spiro atoms. The number of aryl methyl sites for hydroxylation is 1. The van der Waals surface area contributed by atoms with E-state index in [1.165, 1.54) is 31.8 Å². The summed E-state index contributed by atoms with van der Waals surface area (Å²) in [5.41, 5.74) is 2.35. The first-order valence-corrected chi connectivity index (χ1v) is 9.58. The molecule has 0 aliphatic heterocycles. The number of aliphatic hydroxyl groups excluding tert-OH is 1. The van der Waals surface area contributed by atoms with Crippen LogP contribution < -0.4 is 9.47 Å². The van der Waals surface area contributed by atoms with E-state index in [2.05, 4.69) is 15.0 Å². The number of benzene rings is 2. The fourth-order valence-corrected chi connectivity index (χ4v) is 4.20. The van der Waals surface area contributed by atoms with Gasteiger partial charge in [0.2, 0.25) is 5.88 Å². The number of thiazole rings is 1. The molecular formula is C20H16F3N3O3S. The SMILES string of the molecule is COc1cc(C(O)C(F)(F)F)c2nc(-c3cc(C)cc4nc(OC)cnc34)sc2c1. The third kappa shape index (κ3) is 3.52. The highest BCUT2D eigenvalue weighted by Crippen LogP contribution is 2.42. The molecule has 2 aromatic carbocycles. The van der Waals surface area contributed by atoms with E-state index >= 15 is 0 Å². The predicted molar refractivity (Wildman–Crippen MR) is 107 cm³/mol. The molecule has 4 aromatic rings. The molecule has 0 aliphatic carbocycles. The van der Waals surface area contributed by atoms with Gasteiger partial charge in [-0.2, -0.15) is 13.2 Å². The van der Waals surface area contributed by atoms with Crippen molar-refractivity contribution in [1.82, 2.24) is 15.0 Å². The lowest BCUT2D eigenvalue weighted by Gasteiger charge is -2.16. The second kappa shape index (κ2) is 7.37. The number of alkyl halides is 3. The van der Waals surface area contributed by atoms with Gasteiger partial charge < -0.3 is 14.6 Å². The normalized spacial score (nSPS) is 13.0. The Morgan fingerprint density at radius 1 is 1.03 bits per heavy atom. The van der Waals surface area contributed by atoms with Crippen molar-refractivity contribution >= 4 is 32.6 Å². The van der Waals surface area contributed by atoms with Crippen LogP contribution in [0.4, 0.5) is 13.2 Å². The summed E-state index contributed by atoms with van der Waals surface area (Å²) in [6, 6.07) is 6.43. The number of nitrogens with zero attached hydrogens (tertiary/aromatic N) is 3. The number of methoxy groups -OCH3 is 2. The minimum absolute atomic E-state index is 0.0664. The molecule has 0 bridgehead atoms. The first kappa shape index (κ1) is 20.3. The molecule has 0 saturated heterocycles. The largest absolute Gasteiger partial charge is 0.497 e. The summed E-state index contributed by atoms with van der Waals surface area (Å²) in [5, 5.41) is 10.3. The van der Waals surface area contributed by atoms with Gasteiger partial charge in [0.05, 0.1) is 41.7 Å². The van der Waals surface area contributed by atoms with Crippen LogP contribution in [0.15, 0.2) is 30.5 Å². The van der Waals surface area contributed by atoms with E-state index in [0.717, 1.165) is 11.6 Å². The van der Waals surface area contributed by atoms with Gasteiger partial charge in [-0.3, -0.25) is 0 Å². The van der Waals surface area contributed by atoms with Gasteiger partial charge in [-0.1, -0.05) is 0 Å². The van der Waals surface area contributed by atoms with Crippen molar-refractivity contribution < 1.29 is 27.8 Å². The summed E-state index contributed by atoms with van der Waals surface area (Å²) in [6.45, 7) is 1.87. The molecule has 30 heavy (non-hydrogen) atoms. The van der Waals surface area contributed by atoms with Crippen molar-refractivity contribution in [3.63, 3.8) is 0 Å². The molecule has 0 saturated carbocycles. The Kier molecular flexibility index (Phi) is 4.99. The Bertz CT molecular complexity index is 1260. The number of halogens is 3.